The zero-order valence-corrected chi connectivity index (χ0v) is 12.0. The first kappa shape index (κ1) is 16.6. The van der Waals surface area contributed by atoms with Gasteiger partial charge in [-0.25, -0.2) is 0 Å². The van der Waals surface area contributed by atoms with E-state index in [-0.39, 0.29) is 11.2 Å². The van der Waals surface area contributed by atoms with Gasteiger partial charge in [0, 0.05) is 35.3 Å². The molecule has 2 unspecified atom stereocenters. The minimum absolute atomic E-state index is 0.101. The molecule has 0 heterocycles. The van der Waals surface area contributed by atoms with Crippen molar-refractivity contribution in [2.24, 2.45) is 0 Å². The van der Waals surface area contributed by atoms with E-state index < -0.39 is 10.8 Å². The van der Waals surface area contributed by atoms with E-state index in [1.54, 1.807) is 6.26 Å². The van der Waals surface area contributed by atoms with Gasteiger partial charge in [-0.05, 0) is 33.2 Å². The third-order valence-corrected chi connectivity index (χ3v) is 3.84. The van der Waals surface area contributed by atoms with E-state index >= 15 is 0 Å². The molecule has 2 atom stereocenters. The van der Waals surface area contributed by atoms with E-state index in [9.17, 15) is 9.00 Å². The van der Waals surface area contributed by atoms with Crippen molar-refractivity contribution in [2.75, 3.05) is 26.0 Å². The van der Waals surface area contributed by atoms with E-state index in [2.05, 4.69) is 5.32 Å². The van der Waals surface area contributed by atoms with Crippen molar-refractivity contribution in [1.82, 2.24) is 5.32 Å². The van der Waals surface area contributed by atoms with Crippen molar-refractivity contribution >= 4 is 16.8 Å². The standard InChI is InChI=1S/C12H25NO3S/c1-4-16-12(14)8-6-5-7-9-13-10-11(2)17(3)15/h11,13H,4-10H2,1-3H3. The minimum atomic E-state index is -0.751. The molecular formula is C12H25NO3S. The van der Waals surface area contributed by atoms with Gasteiger partial charge < -0.3 is 10.1 Å². The largest absolute Gasteiger partial charge is 0.466 e. The molecule has 0 aromatic carbocycles. The molecule has 17 heavy (non-hydrogen) atoms. The highest BCUT2D eigenvalue weighted by molar-refractivity contribution is 7.84. The Morgan fingerprint density at radius 2 is 2.06 bits per heavy atom. The number of ether oxygens (including phenoxy) is 1. The average Bonchev–Trinajstić information content (AvgIpc) is 2.27. The highest BCUT2D eigenvalue weighted by Gasteiger charge is 2.04. The van der Waals surface area contributed by atoms with Gasteiger partial charge in [0.25, 0.3) is 0 Å². The van der Waals surface area contributed by atoms with Crippen LogP contribution in [0.1, 0.15) is 39.5 Å². The first-order chi connectivity index (χ1) is 8.07. The maximum absolute atomic E-state index is 11.1. The van der Waals surface area contributed by atoms with Crippen molar-refractivity contribution in [1.29, 1.82) is 0 Å². The van der Waals surface area contributed by atoms with E-state index in [1.165, 1.54) is 0 Å². The lowest BCUT2D eigenvalue weighted by Gasteiger charge is -2.09. The summed E-state index contributed by atoms with van der Waals surface area (Å²) < 4.78 is 15.9. The number of rotatable bonds is 10. The van der Waals surface area contributed by atoms with Gasteiger partial charge in [0.15, 0.2) is 0 Å². The van der Waals surface area contributed by atoms with Crippen molar-refractivity contribution in [2.45, 2.75) is 44.8 Å². The fourth-order valence-electron chi connectivity index (χ4n) is 1.35. The van der Waals surface area contributed by atoms with E-state index in [1.807, 2.05) is 13.8 Å². The molecule has 0 aliphatic rings. The van der Waals surface area contributed by atoms with Crippen LogP contribution in [0.25, 0.3) is 0 Å². The van der Waals surface area contributed by atoms with Gasteiger partial charge >= 0.3 is 5.97 Å². The molecule has 102 valence electrons. The molecule has 0 saturated carbocycles. The quantitative estimate of drug-likeness (QED) is 0.479. The van der Waals surface area contributed by atoms with E-state index in [0.29, 0.717) is 13.0 Å². The van der Waals surface area contributed by atoms with Crippen LogP contribution < -0.4 is 5.32 Å². The Labute approximate surface area is 107 Å². The SMILES string of the molecule is CCOC(=O)CCCCCNCC(C)S(C)=O. The Kier molecular flexibility index (Phi) is 10.5. The summed E-state index contributed by atoms with van der Waals surface area (Å²) in [6, 6.07) is 0. The molecule has 4 nitrogen and oxygen atoms in total. The Morgan fingerprint density at radius 3 is 2.65 bits per heavy atom. The molecule has 0 rings (SSSR count). The van der Waals surface area contributed by atoms with Crippen LogP contribution in [0.2, 0.25) is 0 Å². The van der Waals surface area contributed by atoms with Gasteiger partial charge in [-0.15, -0.1) is 0 Å². The van der Waals surface area contributed by atoms with Crippen LogP contribution in [0.3, 0.4) is 0 Å². The molecule has 0 amide bonds. The molecule has 0 aromatic heterocycles. The maximum Gasteiger partial charge on any atom is 0.305 e. The van der Waals surface area contributed by atoms with Crippen molar-refractivity contribution in [3.05, 3.63) is 0 Å². The van der Waals surface area contributed by atoms with Gasteiger partial charge in [-0.3, -0.25) is 9.00 Å². The van der Waals surface area contributed by atoms with E-state index in [4.69, 9.17) is 4.74 Å². The highest BCUT2D eigenvalue weighted by atomic mass is 32.2. The Morgan fingerprint density at radius 1 is 1.35 bits per heavy atom. The first-order valence-corrected chi connectivity index (χ1v) is 7.88. The summed E-state index contributed by atoms with van der Waals surface area (Å²) in [5.74, 6) is -0.101. The summed E-state index contributed by atoms with van der Waals surface area (Å²) in [5.41, 5.74) is 0. The predicted molar refractivity (Wildman–Crippen MR) is 71.5 cm³/mol. The summed E-state index contributed by atoms with van der Waals surface area (Å²) in [6.45, 7) is 5.97. The van der Waals surface area contributed by atoms with Gasteiger partial charge in [0.05, 0.1) is 6.61 Å². The second kappa shape index (κ2) is 10.7. The molecule has 0 saturated heterocycles. The van der Waals surface area contributed by atoms with Crippen LogP contribution in [-0.2, 0) is 20.3 Å². The minimum Gasteiger partial charge on any atom is -0.466 e. The van der Waals surface area contributed by atoms with Crippen LogP contribution in [0.4, 0.5) is 0 Å². The Bertz CT molecular complexity index is 234. The molecule has 1 N–H and O–H groups in total. The molecule has 5 heteroatoms. The number of carbonyl (C=O) groups is 1. The number of hydrogen-bond acceptors (Lipinski definition) is 4. The molecule has 0 radical (unpaired) electrons. The smallest absolute Gasteiger partial charge is 0.305 e. The number of carbonyl (C=O) groups excluding carboxylic acids is 1. The normalized spacial score (nSPS) is 14.3. The average molecular weight is 263 g/mol. The zero-order chi connectivity index (χ0) is 13.1. The third kappa shape index (κ3) is 10.5. The van der Waals surface area contributed by atoms with Crippen molar-refractivity contribution < 1.29 is 13.7 Å². The molecular weight excluding hydrogens is 238 g/mol. The molecule has 0 aromatic rings. The molecule has 0 aliphatic carbocycles. The number of unbranched alkanes of at least 4 members (excludes halogenated alkanes) is 2. The number of nitrogens with one attached hydrogen (secondary N) is 1. The van der Waals surface area contributed by atoms with Crippen LogP contribution in [-0.4, -0.2) is 41.4 Å². The maximum atomic E-state index is 11.1. The molecule has 0 fully saturated rings. The topological polar surface area (TPSA) is 55.4 Å². The summed E-state index contributed by atoms with van der Waals surface area (Å²) in [7, 11) is -0.751. The lowest BCUT2D eigenvalue weighted by atomic mass is 10.2. The molecule has 0 bridgehead atoms. The van der Waals surface area contributed by atoms with Gasteiger partial charge in [-0.1, -0.05) is 6.42 Å². The summed E-state index contributed by atoms with van der Waals surface area (Å²) in [6.07, 6.45) is 5.20. The van der Waals surface area contributed by atoms with Crippen LogP contribution in [0.15, 0.2) is 0 Å². The second-order valence-corrected chi connectivity index (χ2v) is 5.93. The predicted octanol–water partition coefficient (Wildman–Crippen LogP) is 1.47. The van der Waals surface area contributed by atoms with Crippen molar-refractivity contribution in [3.63, 3.8) is 0 Å². The van der Waals surface area contributed by atoms with Gasteiger partial charge in [0.1, 0.15) is 0 Å². The van der Waals surface area contributed by atoms with Crippen LogP contribution in [0, 0.1) is 0 Å². The molecule has 0 aliphatic heterocycles. The fraction of sp³-hybridized carbons (Fsp3) is 0.917. The van der Waals surface area contributed by atoms with Gasteiger partial charge in [0.2, 0.25) is 0 Å². The first-order valence-electron chi connectivity index (χ1n) is 6.26. The summed E-state index contributed by atoms with van der Waals surface area (Å²) >= 11 is 0. The monoisotopic (exact) mass is 263 g/mol. The fourth-order valence-corrected chi connectivity index (χ4v) is 1.70. The Balaban J connectivity index is 3.24. The van der Waals surface area contributed by atoms with Crippen LogP contribution in [0.5, 0.6) is 0 Å². The number of esters is 1. The number of hydrogen-bond donors (Lipinski definition) is 1. The lowest BCUT2D eigenvalue weighted by Crippen LogP contribution is -2.28. The lowest BCUT2D eigenvalue weighted by molar-refractivity contribution is -0.143. The summed E-state index contributed by atoms with van der Waals surface area (Å²) in [5, 5.41) is 3.47. The van der Waals surface area contributed by atoms with Crippen molar-refractivity contribution in [3.8, 4) is 0 Å². The molecule has 0 spiro atoms. The zero-order valence-electron chi connectivity index (χ0n) is 11.2. The summed E-state index contributed by atoms with van der Waals surface area (Å²) in [4.78, 5) is 11.0. The Hall–Kier alpha value is -0.420. The second-order valence-electron chi connectivity index (χ2n) is 4.13. The highest BCUT2D eigenvalue weighted by Crippen LogP contribution is 2.00. The van der Waals surface area contributed by atoms with E-state index in [0.717, 1.165) is 32.4 Å². The third-order valence-electron chi connectivity index (χ3n) is 2.54. The van der Waals surface area contributed by atoms with Gasteiger partial charge in [-0.2, -0.15) is 0 Å². The van der Waals surface area contributed by atoms with Crippen LogP contribution >= 0.6 is 0 Å².